The topological polar surface area (TPSA) is 94.7 Å². The first kappa shape index (κ1) is 25.4. The van der Waals surface area contributed by atoms with Gasteiger partial charge in [0.25, 0.3) is 5.91 Å². The van der Waals surface area contributed by atoms with E-state index >= 15 is 0 Å². The van der Waals surface area contributed by atoms with Crippen LogP contribution < -0.4 is 34.8 Å². The fourth-order valence-corrected chi connectivity index (χ4v) is 4.29. The van der Waals surface area contributed by atoms with Gasteiger partial charge in [0.05, 0.1) is 51.8 Å². The Morgan fingerprint density at radius 1 is 1.06 bits per heavy atom. The molecule has 0 saturated carbocycles. The van der Waals surface area contributed by atoms with Crippen molar-refractivity contribution in [3.05, 3.63) is 75.8 Å². The number of hydrogen-bond donors (Lipinski definition) is 2. The number of amides is 1. The van der Waals surface area contributed by atoms with Crippen LogP contribution in [0.4, 0.5) is 11.4 Å². The molecule has 4 rings (SSSR count). The summed E-state index contributed by atoms with van der Waals surface area (Å²) in [6, 6.07) is 14.3. The number of benzene rings is 2. The van der Waals surface area contributed by atoms with Gasteiger partial charge in [-0.2, -0.15) is 0 Å². The Kier molecular flexibility index (Phi) is 8.35. The summed E-state index contributed by atoms with van der Waals surface area (Å²) in [5.41, 5.74) is 1.16. The first-order valence-corrected chi connectivity index (χ1v) is 11.9. The van der Waals surface area contributed by atoms with Crippen LogP contribution in [0, 0.1) is 0 Å². The number of para-hydroxylation sites is 2. The molecule has 1 aliphatic rings. The van der Waals surface area contributed by atoms with E-state index in [1.54, 1.807) is 25.3 Å². The maximum atomic E-state index is 12.5. The molecule has 3 aromatic rings. The van der Waals surface area contributed by atoms with Crippen LogP contribution in [0.5, 0.6) is 17.2 Å². The van der Waals surface area contributed by atoms with E-state index in [0.29, 0.717) is 28.8 Å². The Morgan fingerprint density at radius 2 is 1.81 bits per heavy atom. The Bertz CT molecular complexity index is 1260. The minimum atomic E-state index is -0.462. The summed E-state index contributed by atoms with van der Waals surface area (Å²) in [7, 11) is 3.17. The van der Waals surface area contributed by atoms with Gasteiger partial charge in [0, 0.05) is 11.1 Å². The first-order valence-electron chi connectivity index (χ1n) is 11.6. The number of rotatable bonds is 9. The molecule has 36 heavy (non-hydrogen) atoms. The van der Waals surface area contributed by atoms with Crippen molar-refractivity contribution in [1.29, 1.82) is 0 Å². The SMILES string of the molecule is COc1ccc(Cl)cc1NC(=O)COc1coc(C[NH+]2CCN(c3ccccc3OC)CC2)cc1=O. The predicted octanol–water partition coefficient (Wildman–Crippen LogP) is 2.23. The molecule has 0 atom stereocenters. The lowest BCUT2D eigenvalue weighted by atomic mass is 10.2. The summed E-state index contributed by atoms with van der Waals surface area (Å²) >= 11 is 5.98. The molecular formula is C26H29ClN3O6+. The van der Waals surface area contributed by atoms with Gasteiger partial charge in [-0.3, -0.25) is 9.59 Å². The lowest BCUT2D eigenvalue weighted by Crippen LogP contribution is -3.13. The van der Waals surface area contributed by atoms with Gasteiger partial charge in [0.1, 0.15) is 24.3 Å². The van der Waals surface area contributed by atoms with Crippen molar-refractivity contribution in [1.82, 2.24) is 0 Å². The smallest absolute Gasteiger partial charge is 0.262 e. The van der Waals surface area contributed by atoms with Gasteiger partial charge in [-0.05, 0) is 30.3 Å². The van der Waals surface area contributed by atoms with E-state index < -0.39 is 5.91 Å². The molecule has 0 radical (unpaired) electrons. The molecule has 1 saturated heterocycles. The van der Waals surface area contributed by atoms with E-state index in [2.05, 4.69) is 16.3 Å². The average Bonchev–Trinajstić information content (AvgIpc) is 2.89. The number of quaternary nitrogens is 1. The van der Waals surface area contributed by atoms with E-state index in [9.17, 15) is 9.59 Å². The van der Waals surface area contributed by atoms with Crippen molar-refractivity contribution < 1.29 is 28.3 Å². The number of carbonyl (C=O) groups excluding carboxylic acids is 1. The number of anilines is 2. The van der Waals surface area contributed by atoms with Crippen molar-refractivity contribution in [3.8, 4) is 17.2 Å². The molecule has 1 fully saturated rings. The number of halogens is 1. The number of hydrogen-bond acceptors (Lipinski definition) is 7. The summed E-state index contributed by atoms with van der Waals surface area (Å²) in [6.45, 7) is 3.75. The van der Waals surface area contributed by atoms with Crippen LogP contribution in [0.1, 0.15) is 5.76 Å². The molecular weight excluding hydrogens is 486 g/mol. The van der Waals surface area contributed by atoms with Crippen LogP contribution in [0.15, 0.2) is 64.0 Å². The molecule has 0 bridgehead atoms. The van der Waals surface area contributed by atoms with E-state index in [0.717, 1.165) is 37.6 Å². The monoisotopic (exact) mass is 514 g/mol. The lowest BCUT2D eigenvalue weighted by molar-refractivity contribution is -0.915. The fourth-order valence-electron chi connectivity index (χ4n) is 4.12. The number of methoxy groups -OCH3 is 2. The van der Waals surface area contributed by atoms with Crippen LogP contribution in [-0.4, -0.2) is 52.9 Å². The molecule has 1 aliphatic heterocycles. The van der Waals surface area contributed by atoms with Gasteiger partial charge in [-0.15, -0.1) is 0 Å². The van der Waals surface area contributed by atoms with Crippen LogP contribution in [0.25, 0.3) is 0 Å². The van der Waals surface area contributed by atoms with Crippen molar-refractivity contribution in [3.63, 3.8) is 0 Å². The van der Waals surface area contributed by atoms with E-state index in [1.807, 2.05) is 18.2 Å². The highest BCUT2D eigenvalue weighted by Gasteiger charge is 2.23. The largest absolute Gasteiger partial charge is 0.495 e. The molecule has 2 N–H and O–H groups in total. The molecule has 2 heterocycles. The van der Waals surface area contributed by atoms with Crippen LogP contribution in [0.3, 0.4) is 0 Å². The molecule has 0 unspecified atom stereocenters. The lowest BCUT2D eigenvalue weighted by Gasteiger charge is -2.34. The van der Waals surface area contributed by atoms with Crippen molar-refractivity contribution >= 4 is 28.9 Å². The fraction of sp³-hybridized carbons (Fsp3) is 0.308. The second-order valence-corrected chi connectivity index (χ2v) is 8.78. The van der Waals surface area contributed by atoms with Crippen LogP contribution >= 0.6 is 11.6 Å². The van der Waals surface area contributed by atoms with Crippen molar-refractivity contribution in [2.24, 2.45) is 0 Å². The van der Waals surface area contributed by atoms with Gasteiger partial charge < -0.3 is 33.7 Å². The third-order valence-electron chi connectivity index (χ3n) is 5.97. The Morgan fingerprint density at radius 3 is 2.53 bits per heavy atom. The number of ether oxygens (including phenoxy) is 3. The summed E-state index contributed by atoms with van der Waals surface area (Å²) < 4.78 is 21.7. The molecule has 190 valence electrons. The maximum absolute atomic E-state index is 12.5. The third-order valence-corrected chi connectivity index (χ3v) is 6.20. The standard InChI is InChI=1S/C26H28ClN3O6/c1-33-23-8-7-18(27)13-20(23)28-26(32)17-36-25-16-35-19(14-22(25)31)15-29-9-11-30(12-10-29)21-5-3-4-6-24(21)34-2/h3-8,13-14,16H,9-12,15,17H2,1-2H3,(H,28,32)/p+1. The minimum absolute atomic E-state index is 0.0250. The summed E-state index contributed by atoms with van der Waals surface area (Å²) in [5.74, 6) is 1.41. The average molecular weight is 515 g/mol. The Balaban J connectivity index is 1.28. The second-order valence-electron chi connectivity index (χ2n) is 8.34. The third kappa shape index (κ3) is 6.30. The van der Waals surface area contributed by atoms with Crippen LogP contribution in [-0.2, 0) is 11.3 Å². The van der Waals surface area contributed by atoms with Crippen molar-refractivity contribution in [2.75, 3.05) is 57.2 Å². The number of nitrogens with one attached hydrogen (secondary N) is 2. The highest BCUT2D eigenvalue weighted by molar-refractivity contribution is 6.31. The van der Waals surface area contributed by atoms with E-state index in [1.165, 1.54) is 24.3 Å². The summed E-state index contributed by atoms with van der Waals surface area (Å²) in [5, 5.41) is 3.11. The summed E-state index contributed by atoms with van der Waals surface area (Å²) in [6.07, 6.45) is 1.26. The number of carbonyl (C=O) groups is 1. The van der Waals surface area contributed by atoms with Gasteiger partial charge in [0.15, 0.2) is 12.4 Å². The van der Waals surface area contributed by atoms with E-state index in [4.69, 9.17) is 30.2 Å². The zero-order valence-electron chi connectivity index (χ0n) is 20.2. The van der Waals surface area contributed by atoms with Crippen LogP contribution in [0.2, 0.25) is 5.02 Å². The van der Waals surface area contributed by atoms with Gasteiger partial charge in [-0.25, -0.2) is 0 Å². The van der Waals surface area contributed by atoms with Gasteiger partial charge in [-0.1, -0.05) is 23.7 Å². The quantitative estimate of drug-likeness (QED) is 0.452. The maximum Gasteiger partial charge on any atom is 0.262 e. The molecule has 1 aromatic heterocycles. The van der Waals surface area contributed by atoms with Crippen molar-refractivity contribution in [2.45, 2.75) is 6.54 Å². The van der Waals surface area contributed by atoms with Gasteiger partial charge in [0.2, 0.25) is 11.2 Å². The first-order chi connectivity index (χ1) is 17.5. The number of piperazine rings is 1. The molecule has 10 heteroatoms. The van der Waals surface area contributed by atoms with E-state index in [-0.39, 0.29) is 17.8 Å². The highest BCUT2D eigenvalue weighted by atomic mass is 35.5. The molecule has 2 aromatic carbocycles. The number of nitrogens with zero attached hydrogens (tertiary/aromatic N) is 1. The predicted molar refractivity (Wildman–Crippen MR) is 137 cm³/mol. The molecule has 0 aliphatic carbocycles. The molecule has 9 nitrogen and oxygen atoms in total. The molecule has 0 spiro atoms. The molecule has 1 amide bonds. The minimum Gasteiger partial charge on any atom is -0.495 e. The zero-order valence-corrected chi connectivity index (χ0v) is 21.0. The Hall–Kier alpha value is -3.69. The van der Waals surface area contributed by atoms with Gasteiger partial charge >= 0.3 is 0 Å². The second kappa shape index (κ2) is 11.8. The highest BCUT2D eigenvalue weighted by Crippen LogP contribution is 2.28. The normalized spacial score (nSPS) is 13.8. The Labute approximate surface area is 214 Å². The zero-order chi connectivity index (χ0) is 25.5. The summed E-state index contributed by atoms with van der Waals surface area (Å²) in [4.78, 5) is 28.4.